The Morgan fingerprint density at radius 3 is 2.40 bits per heavy atom. The fourth-order valence-corrected chi connectivity index (χ4v) is 3.70. The van der Waals surface area contributed by atoms with E-state index < -0.39 is 40.0 Å². The van der Waals surface area contributed by atoms with E-state index in [9.17, 15) is 32.9 Å². The second-order valence-electron chi connectivity index (χ2n) is 7.18. The summed E-state index contributed by atoms with van der Waals surface area (Å²) in [7, 11) is 0. The number of nitro benzene ring substituents is 1. The Hall–Kier alpha value is -3.64. The number of nitrogens with one attached hydrogen (secondary N) is 2. The van der Waals surface area contributed by atoms with Crippen molar-refractivity contribution in [3.8, 4) is 5.69 Å². The number of non-ortho nitro benzene ring substituents is 1. The SMILES string of the molecule is CCNC(=O)c1cc(Cl)cc(C)c1NC(=O)c1cc(C(F)(F)F)nn1-c1ccc([N+](=O)[O-])cc1Cl. The van der Waals surface area contributed by atoms with Crippen molar-refractivity contribution in [2.75, 3.05) is 11.9 Å². The highest BCUT2D eigenvalue weighted by Crippen LogP contribution is 2.33. The van der Waals surface area contributed by atoms with Crippen LogP contribution in [0.2, 0.25) is 10.0 Å². The molecule has 0 spiro atoms. The lowest BCUT2D eigenvalue weighted by Crippen LogP contribution is -2.26. The van der Waals surface area contributed by atoms with Gasteiger partial charge in [-0.2, -0.15) is 18.3 Å². The first kappa shape index (κ1) is 26.0. The predicted octanol–water partition coefficient (Wildman–Crippen LogP) is 5.42. The lowest BCUT2D eigenvalue weighted by Gasteiger charge is -2.15. The largest absolute Gasteiger partial charge is 0.435 e. The van der Waals surface area contributed by atoms with Crippen LogP contribution in [0.1, 0.15) is 39.0 Å². The van der Waals surface area contributed by atoms with Crippen LogP contribution in [-0.2, 0) is 6.18 Å². The maximum absolute atomic E-state index is 13.4. The molecule has 0 fully saturated rings. The van der Waals surface area contributed by atoms with Gasteiger partial charge in [-0.3, -0.25) is 19.7 Å². The molecule has 2 aromatic carbocycles. The van der Waals surface area contributed by atoms with Crippen molar-refractivity contribution >= 4 is 46.4 Å². The summed E-state index contributed by atoms with van der Waals surface area (Å²) in [5.74, 6) is -1.60. The third kappa shape index (κ3) is 5.54. The van der Waals surface area contributed by atoms with Crippen molar-refractivity contribution in [2.24, 2.45) is 0 Å². The van der Waals surface area contributed by atoms with Crippen molar-refractivity contribution in [2.45, 2.75) is 20.0 Å². The number of nitrogens with zero attached hydrogens (tertiary/aromatic N) is 3. The average Bonchev–Trinajstić information content (AvgIpc) is 3.21. The lowest BCUT2D eigenvalue weighted by atomic mass is 10.1. The molecule has 2 N–H and O–H groups in total. The van der Waals surface area contributed by atoms with E-state index >= 15 is 0 Å². The molecule has 0 aliphatic carbocycles. The lowest BCUT2D eigenvalue weighted by molar-refractivity contribution is -0.384. The molecule has 0 saturated heterocycles. The van der Waals surface area contributed by atoms with Gasteiger partial charge in [-0.25, -0.2) is 4.68 Å². The van der Waals surface area contributed by atoms with Gasteiger partial charge in [-0.1, -0.05) is 23.2 Å². The number of rotatable bonds is 6. The summed E-state index contributed by atoms with van der Waals surface area (Å²) in [6.07, 6.45) is -4.91. The Balaban J connectivity index is 2.13. The number of amides is 2. The summed E-state index contributed by atoms with van der Waals surface area (Å²) in [6, 6.07) is 6.27. The second-order valence-corrected chi connectivity index (χ2v) is 8.02. The molecule has 0 unspecified atom stereocenters. The minimum absolute atomic E-state index is 0.000628. The second kappa shape index (κ2) is 9.92. The Morgan fingerprint density at radius 2 is 1.83 bits per heavy atom. The van der Waals surface area contributed by atoms with Gasteiger partial charge in [-0.15, -0.1) is 0 Å². The van der Waals surface area contributed by atoms with Crippen LogP contribution in [-0.4, -0.2) is 33.1 Å². The minimum Gasteiger partial charge on any atom is -0.352 e. The van der Waals surface area contributed by atoms with Crippen molar-refractivity contribution in [3.05, 3.63) is 79.1 Å². The molecule has 0 aliphatic heterocycles. The van der Waals surface area contributed by atoms with Crippen LogP contribution in [0.3, 0.4) is 0 Å². The third-order valence-corrected chi connectivity index (χ3v) is 5.24. The van der Waals surface area contributed by atoms with E-state index in [1.165, 1.54) is 12.1 Å². The van der Waals surface area contributed by atoms with Crippen molar-refractivity contribution < 1.29 is 27.7 Å². The number of hydrogen-bond donors (Lipinski definition) is 2. The van der Waals surface area contributed by atoms with Crippen LogP contribution in [0, 0.1) is 17.0 Å². The zero-order valence-electron chi connectivity index (χ0n) is 18.0. The van der Waals surface area contributed by atoms with Gasteiger partial charge in [0.25, 0.3) is 17.5 Å². The van der Waals surface area contributed by atoms with Crippen LogP contribution in [0.15, 0.2) is 36.4 Å². The summed E-state index contributed by atoms with van der Waals surface area (Å²) in [5.41, 5.74) is -2.17. The minimum atomic E-state index is -4.91. The number of aromatic nitrogens is 2. The normalized spacial score (nSPS) is 11.3. The molecule has 184 valence electrons. The fourth-order valence-electron chi connectivity index (χ4n) is 3.17. The van der Waals surface area contributed by atoms with Gasteiger partial charge in [0, 0.05) is 29.8 Å². The van der Waals surface area contributed by atoms with E-state index in [0.717, 1.165) is 18.2 Å². The maximum atomic E-state index is 13.4. The van der Waals surface area contributed by atoms with Crippen molar-refractivity contribution in [1.29, 1.82) is 0 Å². The monoisotopic (exact) mass is 529 g/mol. The van der Waals surface area contributed by atoms with Crippen LogP contribution >= 0.6 is 23.2 Å². The highest BCUT2D eigenvalue weighted by atomic mass is 35.5. The van der Waals surface area contributed by atoms with E-state index in [1.807, 2.05) is 0 Å². The molecule has 1 aromatic heterocycles. The molecule has 1 heterocycles. The number of carbonyl (C=O) groups is 2. The number of anilines is 1. The molecule has 0 aliphatic rings. The molecule has 2 amide bonds. The van der Waals surface area contributed by atoms with Crippen LogP contribution in [0.5, 0.6) is 0 Å². The topological polar surface area (TPSA) is 119 Å². The summed E-state index contributed by atoms with van der Waals surface area (Å²) in [4.78, 5) is 35.9. The quantitative estimate of drug-likeness (QED) is 0.326. The van der Waals surface area contributed by atoms with Gasteiger partial charge in [0.2, 0.25) is 0 Å². The zero-order valence-corrected chi connectivity index (χ0v) is 19.5. The van der Waals surface area contributed by atoms with Crippen LogP contribution < -0.4 is 10.6 Å². The van der Waals surface area contributed by atoms with Gasteiger partial charge < -0.3 is 10.6 Å². The van der Waals surface area contributed by atoms with E-state index in [2.05, 4.69) is 15.7 Å². The van der Waals surface area contributed by atoms with Crippen molar-refractivity contribution in [1.82, 2.24) is 15.1 Å². The molecule has 0 radical (unpaired) electrons. The molecule has 14 heteroatoms. The molecule has 0 saturated carbocycles. The number of nitro groups is 1. The highest BCUT2D eigenvalue weighted by molar-refractivity contribution is 6.32. The zero-order chi connectivity index (χ0) is 26.1. The van der Waals surface area contributed by atoms with E-state index in [4.69, 9.17) is 23.2 Å². The number of aryl methyl sites for hydroxylation is 1. The Kier molecular flexibility index (Phi) is 7.36. The van der Waals surface area contributed by atoms with Crippen LogP contribution in [0.4, 0.5) is 24.5 Å². The first-order chi connectivity index (χ1) is 16.3. The Morgan fingerprint density at radius 1 is 1.14 bits per heavy atom. The molecule has 35 heavy (non-hydrogen) atoms. The van der Waals surface area contributed by atoms with Gasteiger partial charge in [0.05, 0.1) is 26.9 Å². The van der Waals surface area contributed by atoms with Crippen molar-refractivity contribution in [3.63, 3.8) is 0 Å². The fraction of sp³-hybridized carbons (Fsp3) is 0.190. The summed E-state index contributed by atoms with van der Waals surface area (Å²) < 4.78 is 40.9. The molecule has 9 nitrogen and oxygen atoms in total. The molecule has 3 rings (SSSR count). The van der Waals surface area contributed by atoms with E-state index in [1.54, 1.807) is 13.8 Å². The van der Waals surface area contributed by atoms with Gasteiger partial charge >= 0.3 is 6.18 Å². The Bertz CT molecular complexity index is 1340. The molecule has 0 bridgehead atoms. The van der Waals surface area contributed by atoms with Gasteiger partial charge in [-0.05, 0) is 37.6 Å². The Labute approximate surface area is 206 Å². The number of carbonyl (C=O) groups excluding carboxylic acids is 2. The van der Waals surface area contributed by atoms with E-state index in [0.29, 0.717) is 16.3 Å². The summed E-state index contributed by atoms with van der Waals surface area (Å²) in [5, 5.41) is 19.3. The number of halogens is 5. The van der Waals surface area contributed by atoms with Gasteiger partial charge in [0.1, 0.15) is 5.69 Å². The molecule has 3 aromatic rings. The third-order valence-electron chi connectivity index (χ3n) is 4.72. The molecule has 0 atom stereocenters. The highest BCUT2D eigenvalue weighted by Gasteiger charge is 2.36. The molecular formula is C21H16Cl2F3N5O4. The number of alkyl halides is 3. The average molecular weight is 530 g/mol. The number of hydrogen-bond acceptors (Lipinski definition) is 5. The smallest absolute Gasteiger partial charge is 0.352 e. The molecular weight excluding hydrogens is 514 g/mol. The number of benzene rings is 2. The summed E-state index contributed by atoms with van der Waals surface area (Å²) >= 11 is 12.1. The predicted molar refractivity (Wildman–Crippen MR) is 122 cm³/mol. The standard InChI is InChI=1S/C21H16Cl2F3N5O4/c1-3-27-19(32)13-7-11(22)6-10(2)18(13)28-20(33)16-9-17(21(24,25)26)29-30(16)15-5-4-12(31(34)35)8-14(15)23/h4-9H,3H2,1-2H3,(H,27,32)(H,28,33). The van der Waals surface area contributed by atoms with Crippen LogP contribution in [0.25, 0.3) is 5.69 Å². The van der Waals surface area contributed by atoms with Gasteiger partial charge in [0.15, 0.2) is 5.69 Å². The first-order valence-corrected chi connectivity index (χ1v) is 10.6. The first-order valence-electron chi connectivity index (χ1n) is 9.84. The van der Waals surface area contributed by atoms with E-state index in [-0.39, 0.29) is 33.5 Å². The maximum Gasteiger partial charge on any atom is 0.435 e. The summed E-state index contributed by atoms with van der Waals surface area (Å²) in [6.45, 7) is 3.51.